The minimum atomic E-state index is -1.32. The maximum absolute atomic E-state index is 14.8. The molecule has 0 amide bonds. The maximum Gasteiger partial charge on any atom is 0.341 e. The number of halogens is 2. The zero-order valence-electron chi connectivity index (χ0n) is 31.6. The molecule has 2 N–H and O–H groups in total. The molecule has 0 atom stereocenters. The predicted molar refractivity (Wildman–Crippen MR) is 213 cm³/mol. The number of aromatic nitrogens is 2. The van der Waals surface area contributed by atoms with E-state index in [4.69, 9.17) is 0 Å². The molecule has 0 aliphatic carbocycles. The zero-order chi connectivity index (χ0) is 40.1. The number of hydrogen-bond acceptors (Lipinski definition) is 6. The van der Waals surface area contributed by atoms with Gasteiger partial charge in [-0.25, -0.2) is 18.4 Å². The molecule has 0 radical (unpaired) electrons. The highest BCUT2D eigenvalue weighted by atomic mass is 19.1. The maximum atomic E-state index is 14.8. The summed E-state index contributed by atoms with van der Waals surface area (Å²) in [7, 11) is 3.56. The second kappa shape index (κ2) is 16.8. The fourth-order valence-corrected chi connectivity index (χ4v) is 6.50. The van der Waals surface area contributed by atoms with Crippen molar-refractivity contribution >= 4 is 45.1 Å². The Morgan fingerprint density at radius 3 is 1.49 bits per heavy atom. The number of rotatable bonds is 11. The molecular weight excluding hydrogens is 706 g/mol. The van der Waals surface area contributed by atoms with Crippen molar-refractivity contribution in [3.8, 4) is 0 Å². The molecule has 0 bridgehead atoms. The molecule has 0 unspecified atom stereocenters. The number of benzene rings is 4. The molecule has 10 nitrogen and oxygen atoms in total. The number of anilines is 2. The number of fused-ring (bicyclic) bond motifs is 2. The zero-order valence-corrected chi connectivity index (χ0v) is 31.6. The van der Waals surface area contributed by atoms with Gasteiger partial charge in [-0.1, -0.05) is 74.5 Å². The van der Waals surface area contributed by atoms with Crippen molar-refractivity contribution in [2.75, 3.05) is 23.9 Å². The second-order valence-electron chi connectivity index (χ2n) is 14.2. The summed E-state index contributed by atoms with van der Waals surface area (Å²) in [6.07, 6.45) is 2.68. The van der Waals surface area contributed by atoms with E-state index < -0.39 is 34.4 Å². The van der Waals surface area contributed by atoms with Crippen molar-refractivity contribution in [2.24, 2.45) is 5.92 Å². The van der Waals surface area contributed by atoms with Crippen LogP contribution in [0.1, 0.15) is 65.6 Å². The molecule has 0 aliphatic heterocycles. The number of carbonyl (C=O) groups is 2. The lowest BCUT2D eigenvalue weighted by molar-refractivity contribution is 0.0684. The van der Waals surface area contributed by atoms with Gasteiger partial charge >= 0.3 is 11.9 Å². The molecule has 0 fully saturated rings. The Balaban J connectivity index is 0.000000211. The molecule has 12 heteroatoms. The Labute approximate surface area is 317 Å². The molecule has 286 valence electrons. The van der Waals surface area contributed by atoms with Crippen molar-refractivity contribution in [3.63, 3.8) is 0 Å². The van der Waals surface area contributed by atoms with Gasteiger partial charge < -0.3 is 29.1 Å². The summed E-state index contributed by atoms with van der Waals surface area (Å²) in [4.78, 5) is 51.4. The fraction of sp³-hybridized carbons (Fsp3) is 0.256. The predicted octanol–water partition coefficient (Wildman–Crippen LogP) is 8.19. The normalized spacial score (nSPS) is 11.2. The van der Waals surface area contributed by atoms with Gasteiger partial charge in [-0.05, 0) is 55.2 Å². The van der Waals surface area contributed by atoms with Crippen molar-refractivity contribution in [3.05, 3.63) is 152 Å². The molecule has 0 aliphatic rings. The summed E-state index contributed by atoms with van der Waals surface area (Å²) in [5.41, 5.74) is 1.76. The standard InChI is InChI=1S/C22H23FN2O3.C21H21FN2O3/c1-14(2)11-25-13-17(22(27)28)21(26)16-9-18(23)20(10-19(16)25)24(3)12-15-7-5-4-6-8-15;1-13(2)24-12-16(21(26)27)20(25)15-9-17(22)19(10-18(15)24)23(3)11-14-7-5-4-6-8-14/h4-10,13-14H,11-12H2,1-3H3,(H,27,28);4-10,12-13H,11H2,1-3H3,(H,26,27). The lowest BCUT2D eigenvalue weighted by Crippen LogP contribution is -2.22. The number of hydrogen-bond donors (Lipinski definition) is 2. The molecule has 2 heterocycles. The lowest BCUT2D eigenvalue weighted by Gasteiger charge is -2.22. The van der Waals surface area contributed by atoms with Crippen LogP contribution < -0.4 is 20.7 Å². The van der Waals surface area contributed by atoms with E-state index in [0.29, 0.717) is 42.0 Å². The lowest BCUT2D eigenvalue weighted by atomic mass is 10.1. The van der Waals surface area contributed by atoms with Gasteiger partial charge in [0.15, 0.2) is 0 Å². The number of carboxylic acids is 2. The van der Waals surface area contributed by atoms with Gasteiger partial charge in [0.1, 0.15) is 22.8 Å². The van der Waals surface area contributed by atoms with Gasteiger partial charge in [-0.3, -0.25) is 9.59 Å². The summed E-state index contributed by atoms with van der Waals surface area (Å²) in [6.45, 7) is 9.28. The number of carboxylic acid groups (broad SMARTS) is 2. The first-order valence-corrected chi connectivity index (χ1v) is 17.8. The summed E-state index contributed by atoms with van der Waals surface area (Å²) in [5.74, 6) is -3.52. The monoisotopic (exact) mass is 750 g/mol. The second-order valence-corrected chi connectivity index (χ2v) is 14.2. The summed E-state index contributed by atoms with van der Waals surface area (Å²) in [6, 6.07) is 24.8. The van der Waals surface area contributed by atoms with Crippen LogP contribution in [0.5, 0.6) is 0 Å². The molecule has 4 aromatic carbocycles. The first-order chi connectivity index (χ1) is 26.1. The molecular formula is C43H44F2N4O6. The van der Waals surface area contributed by atoms with E-state index in [1.165, 1.54) is 12.4 Å². The molecule has 6 aromatic rings. The van der Waals surface area contributed by atoms with E-state index in [0.717, 1.165) is 23.3 Å². The Kier molecular flexibility index (Phi) is 12.2. The van der Waals surface area contributed by atoms with Crippen molar-refractivity contribution in [2.45, 2.75) is 53.4 Å². The van der Waals surface area contributed by atoms with Crippen LogP contribution in [0.2, 0.25) is 0 Å². The Morgan fingerprint density at radius 1 is 0.655 bits per heavy atom. The average Bonchev–Trinajstić information content (AvgIpc) is 3.13. The van der Waals surface area contributed by atoms with E-state index in [1.807, 2.05) is 88.4 Å². The smallest absolute Gasteiger partial charge is 0.341 e. The van der Waals surface area contributed by atoms with Crippen LogP contribution >= 0.6 is 0 Å². The van der Waals surface area contributed by atoms with Gasteiger partial charge in [0.05, 0.1) is 22.4 Å². The van der Waals surface area contributed by atoms with Crippen molar-refractivity contribution in [1.29, 1.82) is 0 Å². The SMILES string of the molecule is CC(C)Cn1cc(C(=O)O)c(=O)c2cc(F)c(N(C)Cc3ccccc3)cc21.CC(C)n1cc(C(=O)O)c(=O)c2cc(F)c(N(C)Cc3ccccc3)cc21. The summed E-state index contributed by atoms with van der Waals surface area (Å²) >= 11 is 0. The van der Waals surface area contributed by atoms with E-state index in [2.05, 4.69) is 0 Å². The van der Waals surface area contributed by atoms with Crippen molar-refractivity contribution in [1.82, 2.24) is 9.13 Å². The summed E-state index contributed by atoms with van der Waals surface area (Å²) in [5, 5.41) is 18.8. The number of aromatic carboxylic acids is 2. The van der Waals surface area contributed by atoms with Gasteiger partial charge in [0, 0.05) is 62.9 Å². The third-order valence-corrected chi connectivity index (χ3v) is 9.18. The summed E-state index contributed by atoms with van der Waals surface area (Å²) < 4.78 is 33.0. The van der Waals surface area contributed by atoms with Crippen LogP contribution in [-0.2, 0) is 19.6 Å². The molecule has 0 spiro atoms. The first kappa shape index (κ1) is 39.9. The molecule has 0 saturated heterocycles. The van der Waals surface area contributed by atoms with Crippen LogP contribution in [0.25, 0.3) is 21.8 Å². The fourth-order valence-electron chi connectivity index (χ4n) is 6.50. The Hall–Kier alpha value is -6.30. The average molecular weight is 751 g/mol. The third kappa shape index (κ3) is 8.92. The molecule has 55 heavy (non-hydrogen) atoms. The van der Waals surface area contributed by atoms with Gasteiger partial charge in [-0.2, -0.15) is 0 Å². The minimum Gasteiger partial charge on any atom is -0.477 e. The third-order valence-electron chi connectivity index (χ3n) is 9.18. The minimum absolute atomic E-state index is 0.0676. The van der Waals surface area contributed by atoms with E-state index in [9.17, 15) is 38.2 Å². The van der Waals surface area contributed by atoms with E-state index in [1.54, 1.807) is 45.2 Å². The van der Waals surface area contributed by atoms with Gasteiger partial charge in [0.25, 0.3) is 0 Å². The molecule has 0 saturated carbocycles. The van der Waals surface area contributed by atoms with Crippen molar-refractivity contribution < 1.29 is 28.6 Å². The van der Waals surface area contributed by atoms with Crippen LogP contribution in [0.15, 0.2) is 107 Å². The van der Waals surface area contributed by atoms with E-state index in [-0.39, 0.29) is 33.9 Å². The van der Waals surface area contributed by atoms with Crippen LogP contribution in [0.3, 0.4) is 0 Å². The van der Waals surface area contributed by atoms with Gasteiger partial charge in [0.2, 0.25) is 10.9 Å². The van der Waals surface area contributed by atoms with E-state index >= 15 is 0 Å². The molecule has 6 rings (SSSR count). The molecule has 2 aromatic heterocycles. The quantitative estimate of drug-likeness (QED) is 0.136. The van der Waals surface area contributed by atoms with Crippen LogP contribution in [0.4, 0.5) is 20.2 Å². The highest BCUT2D eigenvalue weighted by Crippen LogP contribution is 2.28. The Bertz CT molecular complexity index is 2480. The Morgan fingerprint density at radius 2 is 1.07 bits per heavy atom. The highest BCUT2D eigenvalue weighted by Gasteiger charge is 2.21. The number of pyridine rings is 2. The van der Waals surface area contributed by atoms with Gasteiger partial charge in [-0.15, -0.1) is 0 Å². The highest BCUT2D eigenvalue weighted by molar-refractivity contribution is 5.94. The number of nitrogens with zero attached hydrogens (tertiary/aromatic N) is 4. The largest absolute Gasteiger partial charge is 0.477 e. The first-order valence-electron chi connectivity index (χ1n) is 17.8. The van der Waals surface area contributed by atoms with Crippen LogP contribution in [-0.4, -0.2) is 45.4 Å². The van der Waals surface area contributed by atoms with Crippen LogP contribution in [0, 0.1) is 17.6 Å². The topological polar surface area (TPSA) is 125 Å².